The number of hydrogen-bond acceptors (Lipinski definition) is 3. The van der Waals surface area contributed by atoms with Crippen molar-refractivity contribution in [3.05, 3.63) is 28.2 Å². The lowest BCUT2D eigenvalue weighted by atomic mass is 10.3. The quantitative estimate of drug-likeness (QED) is 0.886. The second-order valence-corrected chi connectivity index (χ2v) is 4.00. The standard InChI is InChI=1S/C10H10Cl2N2O3/c1-5(9(15)14-10(13)16)17-6-2-3-7(11)8(12)4-6/h2-5H,1H3,(H3,13,14,15,16). The Morgan fingerprint density at radius 2 is 2.00 bits per heavy atom. The number of carbonyl (C=O) groups is 2. The number of hydrogen-bond donors (Lipinski definition) is 2. The van der Waals surface area contributed by atoms with Crippen LogP contribution >= 0.6 is 23.2 Å². The van der Waals surface area contributed by atoms with Crippen molar-refractivity contribution < 1.29 is 14.3 Å². The minimum Gasteiger partial charge on any atom is -0.481 e. The summed E-state index contributed by atoms with van der Waals surface area (Å²) in [7, 11) is 0. The van der Waals surface area contributed by atoms with Gasteiger partial charge in [0.05, 0.1) is 10.0 Å². The lowest BCUT2D eigenvalue weighted by Gasteiger charge is -2.13. The molecule has 0 saturated carbocycles. The van der Waals surface area contributed by atoms with E-state index >= 15 is 0 Å². The van der Waals surface area contributed by atoms with Gasteiger partial charge in [-0.25, -0.2) is 4.79 Å². The molecule has 0 bridgehead atoms. The maximum atomic E-state index is 11.3. The molecule has 0 radical (unpaired) electrons. The molecule has 0 aromatic heterocycles. The van der Waals surface area contributed by atoms with Gasteiger partial charge in [0.2, 0.25) is 0 Å². The van der Waals surface area contributed by atoms with E-state index in [1.807, 2.05) is 5.32 Å². The molecule has 7 heteroatoms. The zero-order chi connectivity index (χ0) is 13.0. The molecule has 1 unspecified atom stereocenters. The van der Waals surface area contributed by atoms with Crippen molar-refractivity contribution in [2.45, 2.75) is 13.0 Å². The predicted octanol–water partition coefficient (Wildman–Crippen LogP) is 1.96. The van der Waals surface area contributed by atoms with E-state index < -0.39 is 18.0 Å². The van der Waals surface area contributed by atoms with Crippen LogP contribution in [0.25, 0.3) is 0 Å². The predicted molar refractivity (Wildman–Crippen MR) is 64.3 cm³/mol. The van der Waals surface area contributed by atoms with E-state index in [2.05, 4.69) is 0 Å². The molecule has 3 N–H and O–H groups in total. The number of rotatable bonds is 3. The van der Waals surface area contributed by atoms with Crippen molar-refractivity contribution in [1.82, 2.24) is 5.32 Å². The normalized spacial score (nSPS) is 11.7. The SMILES string of the molecule is CC(Oc1ccc(Cl)c(Cl)c1)C(=O)NC(N)=O. The molecule has 17 heavy (non-hydrogen) atoms. The zero-order valence-electron chi connectivity index (χ0n) is 8.87. The van der Waals surface area contributed by atoms with Crippen LogP contribution < -0.4 is 15.8 Å². The highest BCUT2D eigenvalue weighted by molar-refractivity contribution is 6.42. The number of nitrogens with one attached hydrogen (secondary N) is 1. The Kier molecular flexibility index (Phi) is 4.60. The average molecular weight is 277 g/mol. The highest BCUT2D eigenvalue weighted by Crippen LogP contribution is 2.26. The highest BCUT2D eigenvalue weighted by Gasteiger charge is 2.16. The van der Waals surface area contributed by atoms with E-state index in [4.69, 9.17) is 33.7 Å². The fourth-order valence-electron chi connectivity index (χ4n) is 1.03. The van der Waals surface area contributed by atoms with E-state index in [9.17, 15) is 9.59 Å². The smallest absolute Gasteiger partial charge is 0.318 e. The Labute approximate surface area is 108 Å². The molecule has 0 aliphatic heterocycles. The van der Waals surface area contributed by atoms with Crippen LogP contribution in [-0.4, -0.2) is 18.0 Å². The number of amides is 3. The van der Waals surface area contributed by atoms with Gasteiger partial charge in [-0.3, -0.25) is 10.1 Å². The monoisotopic (exact) mass is 276 g/mol. The largest absolute Gasteiger partial charge is 0.481 e. The van der Waals surface area contributed by atoms with Crippen molar-refractivity contribution in [2.75, 3.05) is 0 Å². The molecule has 0 heterocycles. The minimum atomic E-state index is -0.931. The van der Waals surface area contributed by atoms with Crippen LogP contribution in [0.1, 0.15) is 6.92 Å². The number of urea groups is 1. The first-order valence-electron chi connectivity index (χ1n) is 4.62. The van der Waals surface area contributed by atoms with Crippen molar-refractivity contribution in [3.63, 3.8) is 0 Å². The Morgan fingerprint density at radius 1 is 1.35 bits per heavy atom. The number of ether oxygens (including phenoxy) is 1. The fourth-order valence-corrected chi connectivity index (χ4v) is 1.32. The van der Waals surface area contributed by atoms with Gasteiger partial charge in [-0.15, -0.1) is 0 Å². The van der Waals surface area contributed by atoms with Gasteiger partial charge in [0.25, 0.3) is 5.91 Å². The number of primary amides is 1. The molecule has 0 aliphatic rings. The van der Waals surface area contributed by atoms with Crippen molar-refractivity contribution in [1.29, 1.82) is 0 Å². The molecule has 1 aromatic carbocycles. The van der Waals surface area contributed by atoms with Gasteiger partial charge < -0.3 is 10.5 Å². The van der Waals surface area contributed by atoms with E-state index in [1.165, 1.54) is 19.1 Å². The summed E-state index contributed by atoms with van der Waals surface area (Å²) in [5.74, 6) is -0.268. The lowest BCUT2D eigenvalue weighted by Crippen LogP contribution is -2.42. The number of nitrogens with two attached hydrogens (primary N) is 1. The first-order valence-corrected chi connectivity index (χ1v) is 5.37. The zero-order valence-corrected chi connectivity index (χ0v) is 10.4. The van der Waals surface area contributed by atoms with E-state index in [-0.39, 0.29) is 0 Å². The summed E-state index contributed by atoms with van der Waals surface area (Å²) in [4.78, 5) is 21.8. The summed E-state index contributed by atoms with van der Waals surface area (Å²) in [6, 6.07) is 3.64. The number of halogens is 2. The third-order valence-corrected chi connectivity index (χ3v) is 2.56. The summed E-state index contributed by atoms with van der Waals surface area (Å²) in [6.07, 6.45) is -0.875. The topological polar surface area (TPSA) is 81.4 Å². The molecule has 0 fully saturated rings. The highest BCUT2D eigenvalue weighted by atomic mass is 35.5. The molecular weight excluding hydrogens is 267 g/mol. The number of benzene rings is 1. The second kappa shape index (κ2) is 5.75. The molecule has 1 aromatic rings. The molecule has 0 spiro atoms. The van der Waals surface area contributed by atoms with Crippen molar-refractivity contribution in [3.8, 4) is 5.75 Å². The molecule has 1 atom stereocenters. The molecule has 1 rings (SSSR count). The molecular formula is C10H10Cl2N2O3. The summed E-state index contributed by atoms with van der Waals surface area (Å²) >= 11 is 11.5. The molecule has 5 nitrogen and oxygen atoms in total. The Morgan fingerprint density at radius 3 is 2.53 bits per heavy atom. The van der Waals surface area contributed by atoms with Gasteiger partial charge in [-0.1, -0.05) is 23.2 Å². The third kappa shape index (κ3) is 4.13. The van der Waals surface area contributed by atoms with Crippen molar-refractivity contribution >= 4 is 35.1 Å². The van der Waals surface area contributed by atoms with Gasteiger partial charge in [0, 0.05) is 6.07 Å². The van der Waals surface area contributed by atoms with Gasteiger partial charge >= 0.3 is 6.03 Å². The van der Waals surface area contributed by atoms with Crippen LogP contribution in [0.5, 0.6) is 5.75 Å². The van der Waals surface area contributed by atoms with Crippen molar-refractivity contribution in [2.24, 2.45) is 5.73 Å². The van der Waals surface area contributed by atoms with Crippen LogP contribution in [-0.2, 0) is 4.79 Å². The van der Waals surface area contributed by atoms with Gasteiger partial charge in [0.15, 0.2) is 6.10 Å². The van der Waals surface area contributed by atoms with E-state index in [0.29, 0.717) is 15.8 Å². The maximum absolute atomic E-state index is 11.3. The third-order valence-electron chi connectivity index (χ3n) is 1.82. The van der Waals surface area contributed by atoms with Gasteiger partial charge in [0.1, 0.15) is 5.75 Å². The molecule has 92 valence electrons. The van der Waals surface area contributed by atoms with Crippen LogP contribution in [0.4, 0.5) is 4.79 Å². The lowest BCUT2D eigenvalue weighted by molar-refractivity contribution is -0.126. The molecule has 0 aliphatic carbocycles. The van der Waals surface area contributed by atoms with Gasteiger partial charge in [-0.2, -0.15) is 0 Å². The number of carbonyl (C=O) groups excluding carboxylic acids is 2. The summed E-state index contributed by atoms with van der Waals surface area (Å²) in [5.41, 5.74) is 4.80. The minimum absolute atomic E-state index is 0.312. The maximum Gasteiger partial charge on any atom is 0.318 e. The first-order chi connectivity index (χ1) is 7.90. The number of imide groups is 1. The van der Waals surface area contributed by atoms with Crippen LogP contribution in [0.2, 0.25) is 10.0 Å². The Bertz CT molecular complexity index is 451. The Hall–Kier alpha value is -1.46. The average Bonchev–Trinajstić information content (AvgIpc) is 2.22. The van der Waals surface area contributed by atoms with Crippen LogP contribution in [0.15, 0.2) is 18.2 Å². The van der Waals surface area contributed by atoms with E-state index in [1.54, 1.807) is 6.07 Å². The Balaban J connectivity index is 2.67. The fraction of sp³-hybridized carbons (Fsp3) is 0.200. The molecule has 3 amide bonds. The van der Waals surface area contributed by atoms with Crippen LogP contribution in [0, 0.1) is 0 Å². The summed E-state index contributed by atoms with van der Waals surface area (Å²) < 4.78 is 5.25. The van der Waals surface area contributed by atoms with E-state index in [0.717, 1.165) is 0 Å². The second-order valence-electron chi connectivity index (χ2n) is 3.19. The summed E-state index contributed by atoms with van der Waals surface area (Å²) in [5, 5.41) is 2.60. The first kappa shape index (κ1) is 13.6. The summed E-state index contributed by atoms with van der Waals surface area (Å²) in [6.45, 7) is 1.47. The van der Waals surface area contributed by atoms with Gasteiger partial charge in [-0.05, 0) is 19.1 Å². The van der Waals surface area contributed by atoms with Crippen LogP contribution in [0.3, 0.4) is 0 Å². The molecule has 0 saturated heterocycles.